The Morgan fingerprint density at radius 1 is 1.05 bits per heavy atom. The Labute approximate surface area is 233 Å². The monoisotopic (exact) mass is 571 g/mol. The summed E-state index contributed by atoms with van der Waals surface area (Å²) in [7, 11) is -2.11. The molecule has 206 valence electrons. The number of sulfonamides is 1. The van der Waals surface area contributed by atoms with Crippen molar-refractivity contribution < 1.29 is 27.5 Å². The van der Waals surface area contributed by atoms with E-state index in [1.807, 2.05) is 13.0 Å². The highest BCUT2D eigenvalue weighted by molar-refractivity contribution is 7.89. The van der Waals surface area contributed by atoms with Crippen molar-refractivity contribution in [1.82, 2.24) is 4.72 Å². The number of hydrogen-bond acceptors (Lipinski definition) is 6. The smallest absolute Gasteiger partial charge is 0.262 e. The topological polar surface area (TPSA) is 114 Å². The molecule has 3 aromatic carbocycles. The lowest BCUT2D eigenvalue weighted by Crippen LogP contribution is -2.29. The lowest BCUT2D eigenvalue weighted by Gasteiger charge is -2.18. The Kier molecular flexibility index (Phi) is 9.11. The zero-order chi connectivity index (χ0) is 28.0. The van der Waals surface area contributed by atoms with E-state index in [0.717, 1.165) is 24.1 Å². The van der Waals surface area contributed by atoms with Gasteiger partial charge in [-0.3, -0.25) is 9.59 Å². The van der Waals surface area contributed by atoms with Crippen molar-refractivity contribution in [3.8, 4) is 11.5 Å². The fraction of sp³-hybridized carbons (Fsp3) is 0.286. The molecule has 0 radical (unpaired) electrons. The molecule has 0 bridgehead atoms. The van der Waals surface area contributed by atoms with Crippen LogP contribution in [0.25, 0.3) is 0 Å². The van der Waals surface area contributed by atoms with Gasteiger partial charge in [0, 0.05) is 30.0 Å². The van der Waals surface area contributed by atoms with E-state index in [-0.39, 0.29) is 28.2 Å². The summed E-state index contributed by atoms with van der Waals surface area (Å²) in [5, 5.41) is 2.85. The largest absolute Gasteiger partial charge is 0.497 e. The third kappa shape index (κ3) is 6.89. The fourth-order valence-electron chi connectivity index (χ4n) is 4.13. The van der Waals surface area contributed by atoms with Crippen LogP contribution in [-0.4, -0.2) is 47.0 Å². The summed E-state index contributed by atoms with van der Waals surface area (Å²) in [6.45, 7) is 2.51. The number of methoxy groups -OCH3 is 1. The van der Waals surface area contributed by atoms with Crippen LogP contribution in [0.2, 0.25) is 5.02 Å². The number of carbonyl (C=O) groups is 2. The van der Waals surface area contributed by atoms with Gasteiger partial charge in [0.05, 0.1) is 17.0 Å². The van der Waals surface area contributed by atoms with Crippen LogP contribution in [-0.2, 0) is 21.2 Å². The van der Waals surface area contributed by atoms with Gasteiger partial charge in [0.1, 0.15) is 11.5 Å². The molecule has 9 nitrogen and oxygen atoms in total. The van der Waals surface area contributed by atoms with Gasteiger partial charge in [0.15, 0.2) is 6.61 Å². The first-order valence-corrected chi connectivity index (χ1v) is 14.4. The number of benzene rings is 3. The Balaban J connectivity index is 1.37. The summed E-state index contributed by atoms with van der Waals surface area (Å²) in [5.41, 5.74) is 2.81. The maximum absolute atomic E-state index is 13.1. The van der Waals surface area contributed by atoms with E-state index in [1.54, 1.807) is 48.4 Å². The molecule has 0 spiro atoms. The molecule has 0 fully saturated rings. The van der Waals surface area contributed by atoms with Crippen LogP contribution in [0.5, 0.6) is 11.5 Å². The number of unbranched alkanes of at least 4 members (excludes halogenated alkanes) is 1. The maximum atomic E-state index is 13.1. The minimum Gasteiger partial charge on any atom is -0.497 e. The third-order valence-electron chi connectivity index (χ3n) is 6.24. The van der Waals surface area contributed by atoms with Crippen LogP contribution in [0.15, 0.2) is 65.6 Å². The average Bonchev–Trinajstić information content (AvgIpc) is 3.35. The van der Waals surface area contributed by atoms with Crippen LogP contribution in [0.1, 0.15) is 35.7 Å². The maximum Gasteiger partial charge on any atom is 0.262 e. The van der Waals surface area contributed by atoms with Crippen molar-refractivity contribution >= 4 is 44.8 Å². The molecule has 1 aliphatic rings. The van der Waals surface area contributed by atoms with Gasteiger partial charge in [0.2, 0.25) is 10.0 Å². The van der Waals surface area contributed by atoms with Crippen LogP contribution in [0.3, 0.4) is 0 Å². The lowest BCUT2D eigenvalue weighted by molar-refractivity contribution is -0.118. The van der Waals surface area contributed by atoms with Gasteiger partial charge in [-0.05, 0) is 73.0 Å². The molecule has 0 atom stereocenters. The van der Waals surface area contributed by atoms with Crippen molar-refractivity contribution in [2.24, 2.45) is 0 Å². The predicted octanol–water partition coefficient (Wildman–Crippen LogP) is 4.65. The van der Waals surface area contributed by atoms with E-state index < -0.39 is 15.9 Å². The molecule has 4 rings (SSSR count). The molecule has 0 aliphatic carbocycles. The lowest BCUT2D eigenvalue weighted by atomic mass is 10.1. The van der Waals surface area contributed by atoms with Crippen molar-refractivity contribution in [3.63, 3.8) is 0 Å². The predicted molar refractivity (Wildman–Crippen MR) is 150 cm³/mol. The average molecular weight is 572 g/mol. The van der Waals surface area contributed by atoms with Crippen molar-refractivity contribution in [2.75, 3.05) is 37.0 Å². The van der Waals surface area contributed by atoms with E-state index in [2.05, 4.69) is 10.0 Å². The van der Waals surface area contributed by atoms with Crippen molar-refractivity contribution in [3.05, 3.63) is 76.8 Å². The molecule has 1 aliphatic heterocycles. The van der Waals surface area contributed by atoms with Crippen LogP contribution < -0.4 is 24.4 Å². The Morgan fingerprint density at radius 2 is 1.82 bits per heavy atom. The van der Waals surface area contributed by atoms with Gasteiger partial charge in [-0.2, -0.15) is 0 Å². The number of rotatable bonds is 11. The molecular weight excluding hydrogens is 542 g/mol. The number of nitrogens with one attached hydrogen (secondary N) is 2. The minimum absolute atomic E-state index is 0.0206. The van der Waals surface area contributed by atoms with Gasteiger partial charge in [-0.25, -0.2) is 13.1 Å². The molecule has 0 unspecified atom stereocenters. The normalized spacial score (nSPS) is 12.6. The highest BCUT2D eigenvalue weighted by atomic mass is 35.5. The molecule has 3 aromatic rings. The number of nitrogens with zero attached hydrogens (tertiary/aromatic N) is 1. The second kappa shape index (κ2) is 12.5. The Hall–Kier alpha value is -3.60. The number of carbonyl (C=O) groups excluding carboxylic acids is 2. The SMILES string of the molecule is CCCCNS(=O)(=O)c1ccc(OCC(=O)Nc2ccc3c(c2)N(C(=O)c2ccc(OC)cc2)CC3)c(Cl)c1. The van der Waals surface area contributed by atoms with E-state index in [4.69, 9.17) is 21.1 Å². The number of amides is 2. The number of fused-ring (bicyclic) bond motifs is 1. The zero-order valence-electron chi connectivity index (χ0n) is 21.7. The van der Waals surface area contributed by atoms with Gasteiger partial charge >= 0.3 is 0 Å². The van der Waals surface area contributed by atoms with Gasteiger partial charge in [0.25, 0.3) is 11.8 Å². The Morgan fingerprint density at radius 3 is 2.51 bits per heavy atom. The molecule has 2 N–H and O–H groups in total. The molecule has 1 heterocycles. The van der Waals surface area contributed by atoms with Gasteiger partial charge < -0.3 is 19.7 Å². The van der Waals surface area contributed by atoms with E-state index in [9.17, 15) is 18.0 Å². The highest BCUT2D eigenvalue weighted by Crippen LogP contribution is 2.32. The highest BCUT2D eigenvalue weighted by Gasteiger charge is 2.26. The van der Waals surface area contributed by atoms with Crippen LogP contribution in [0.4, 0.5) is 11.4 Å². The molecular formula is C28H30ClN3O6S. The fourth-order valence-corrected chi connectivity index (χ4v) is 5.53. The number of halogens is 1. The molecule has 39 heavy (non-hydrogen) atoms. The summed E-state index contributed by atoms with van der Waals surface area (Å²) >= 11 is 6.22. The second-order valence-corrected chi connectivity index (χ2v) is 11.1. The molecule has 2 amide bonds. The van der Waals surface area contributed by atoms with Crippen molar-refractivity contribution in [1.29, 1.82) is 0 Å². The van der Waals surface area contributed by atoms with E-state index in [1.165, 1.54) is 18.2 Å². The van der Waals surface area contributed by atoms with E-state index in [0.29, 0.717) is 36.5 Å². The first-order valence-electron chi connectivity index (χ1n) is 12.5. The quantitative estimate of drug-likeness (QED) is 0.324. The summed E-state index contributed by atoms with van der Waals surface area (Å²) in [4.78, 5) is 27.4. The van der Waals surface area contributed by atoms with Crippen LogP contribution >= 0.6 is 11.6 Å². The molecule has 0 saturated heterocycles. The standard InChI is InChI=1S/C28H30ClN3O6S/c1-3-4-14-30-39(35,36)23-11-12-26(24(29)17-23)38-18-27(33)31-21-8-5-19-13-15-32(25(19)16-21)28(34)20-6-9-22(37-2)10-7-20/h5-12,16-17,30H,3-4,13-15,18H2,1-2H3,(H,31,33). The first kappa shape index (κ1) is 28.4. The zero-order valence-corrected chi connectivity index (χ0v) is 23.3. The summed E-state index contributed by atoms with van der Waals surface area (Å²) in [5.74, 6) is 0.283. The molecule has 0 aromatic heterocycles. The minimum atomic E-state index is -3.68. The Bertz CT molecular complexity index is 1460. The van der Waals surface area contributed by atoms with Crippen molar-refractivity contribution in [2.45, 2.75) is 31.1 Å². The number of anilines is 2. The second-order valence-electron chi connectivity index (χ2n) is 8.96. The van der Waals surface area contributed by atoms with E-state index >= 15 is 0 Å². The third-order valence-corrected chi connectivity index (χ3v) is 8.00. The summed E-state index contributed by atoms with van der Waals surface area (Å²) < 4.78 is 38.0. The van der Waals surface area contributed by atoms with Crippen LogP contribution in [0, 0.1) is 0 Å². The summed E-state index contributed by atoms with van der Waals surface area (Å²) in [6, 6.07) is 16.4. The summed E-state index contributed by atoms with van der Waals surface area (Å²) in [6.07, 6.45) is 2.31. The first-order chi connectivity index (χ1) is 18.7. The van der Waals surface area contributed by atoms with Gasteiger partial charge in [-0.15, -0.1) is 0 Å². The van der Waals surface area contributed by atoms with Gasteiger partial charge in [-0.1, -0.05) is 31.0 Å². The molecule has 11 heteroatoms. The molecule has 0 saturated carbocycles. The number of ether oxygens (including phenoxy) is 2. The number of hydrogen-bond donors (Lipinski definition) is 2.